The van der Waals surface area contributed by atoms with Crippen LogP contribution in [0.15, 0.2) is 36.4 Å². The average Bonchev–Trinajstić information content (AvgIpc) is 2.86. The van der Waals surface area contributed by atoms with E-state index in [1.165, 1.54) is 0 Å². The van der Waals surface area contributed by atoms with Gasteiger partial charge in [-0.2, -0.15) is 0 Å². The van der Waals surface area contributed by atoms with Crippen LogP contribution in [-0.4, -0.2) is 32.2 Å². The molecule has 0 fully saturated rings. The maximum Gasteiger partial charge on any atom is 0.189 e. The van der Waals surface area contributed by atoms with Gasteiger partial charge in [0.05, 0.1) is 32.0 Å². The van der Waals surface area contributed by atoms with E-state index in [1.807, 2.05) is 38.1 Å². The highest BCUT2D eigenvalue weighted by atomic mass is 16.5. The van der Waals surface area contributed by atoms with Crippen molar-refractivity contribution >= 4 is 11.9 Å². The molecule has 5 heteroatoms. The minimum atomic E-state index is -0.146. The molecule has 0 aliphatic carbocycles. The second kappa shape index (κ2) is 15.0. The van der Waals surface area contributed by atoms with Crippen molar-refractivity contribution in [3.05, 3.63) is 53.1 Å². The Morgan fingerprint density at radius 2 is 1.32 bits per heavy atom. The Bertz CT molecular complexity index is 932. The molecule has 0 atom stereocenters. The minimum absolute atomic E-state index is 0.146. The lowest BCUT2D eigenvalue weighted by Gasteiger charge is -2.16. The van der Waals surface area contributed by atoms with Crippen LogP contribution in [-0.2, 0) is 6.42 Å². The van der Waals surface area contributed by atoms with Gasteiger partial charge in [-0.15, -0.1) is 0 Å². The van der Waals surface area contributed by atoms with Crippen molar-refractivity contribution in [3.63, 3.8) is 0 Å². The Hall–Kier alpha value is -2.95. The summed E-state index contributed by atoms with van der Waals surface area (Å²) in [5.41, 5.74) is 2.45. The summed E-state index contributed by atoms with van der Waals surface area (Å²) in [5, 5.41) is 0. The van der Waals surface area contributed by atoms with E-state index in [-0.39, 0.29) is 5.78 Å². The van der Waals surface area contributed by atoms with Crippen molar-refractivity contribution in [2.24, 2.45) is 0 Å². The van der Waals surface area contributed by atoms with Crippen molar-refractivity contribution < 1.29 is 23.7 Å². The van der Waals surface area contributed by atoms with E-state index in [9.17, 15) is 4.79 Å². The van der Waals surface area contributed by atoms with Crippen molar-refractivity contribution in [2.45, 2.75) is 66.7 Å². The fourth-order valence-corrected chi connectivity index (χ4v) is 3.33. The highest BCUT2D eigenvalue weighted by molar-refractivity contribution is 6.09. The van der Waals surface area contributed by atoms with Gasteiger partial charge in [-0.3, -0.25) is 4.79 Å². The standard InChI is InChI=1S/C29H40O5/c1-6-16-31-26-13-11-12-24(29(26)34-19-9-4)25(30)15-14-23-20-22(10-5)21-27(32-17-7-2)28(23)33-18-8-3/h11-15,20-21H,6-10,16-19H2,1-5H3/b15-14+. The molecule has 0 amide bonds. The summed E-state index contributed by atoms with van der Waals surface area (Å²) >= 11 is 0. The van der Waals surface area contributed by atoms with Crippen molar-refractivity contribution in [1.29, 1.82) is 0 Å². The summed E-state index contributed by atoms with van der Waals surface area (Å²) in [5.74, 6) is 2.36. The number of aryl methyl sites for hydroxylation is 1. The van der Waals surface area contributed by atoms with Gasteiger partial charge in [-0.25, -0.2) is 0 Å². The Labute approximate surface area is 205 Å². The lowest BCUT2D eigenvalue weighted by atomic mass is 10.0. The van der Waals surface area contributed by atoms with Crippen LogP contribution in [0, 0.1) is 0 Å². The molecule has 2 aromatic rings. The molecule has 0 spiro atoms. The molecule has 0 bridgehead atoms. The number of hydrogen-bond donors (Lipinski definition) is 0. The van der Waals surface area contributed by atoms with Gasteiger partial charge in [0.1, 0.15) is 0 Å². The monoisotopic (exact) mass is 468 g/mol. The summed E-state index contributed by atoms with van der Waals surface area (Å²) in [7, 11) is 0. The van der Waals surface area contributed by atoms with E-state index < -0.39 is 0 Å². The van der Waals surface area contributed by atoms with Gasteiger partial charge in [0.25, 0.3) is 0 Å². The van der Waals surface area contributed by atoms with Gasteiger partial charge in [0.2, 0.25) is 0 Å². The van der Waals surface area contributed by atoms with Crippen LogP contribution in [0.5, 0.6) is 23.0 Å². The number of allylic oxidation sites excluding steroid dienone is 1. The Morgan fingerprint density at radius 3 is 1.94 bits per heavy atom. The number of hydrogen-bond acceptors (Lipinski definition) is 5. The Kier molecular flexibility index (Phi) is 12.1. The topological polar surface area (TPSA) is 54.0 Å². The first-order valence-corrected chi connectivity index (χ1v) is 12.6. The number of carbonyl (C=O) groups excluding carboxylic acids is 1. The first-order chi connectivity index (χ1) is 16.6. The van der Waals surface area contributed by atoms with Crippen LogP contribution in [0.4, 0.5) is 0 Å². The molecule has 0 aliphatic heterocycles. The summed E-state index contributed by atoms with van der Waals surface area (Å²) in [6, 6.07) is 9.55. The normalized spacial score (nSPS) is 11.0. The largest absolute Gasteiger partial charge is 0.490 e. The van der Waals surface area contributed by atoms with E-state index in [2.05, 4.69) is 26.8 Å². The average molecular weight is 469 g/mol. The van der Waals surface area contributed by atoms with Gasteiger partial charge in [0, 0.05) is 5.56 Å². The molecular weight excluding hydrogens is 428 g/mol. The molecule has 0 N–H and O–H groups in total. The summed E-state index contributed by atoms with van der Waals surface area (Å²) < 4.78 is 23.8. The van der Waals surface area contributed by atoms with Gasteiger partial charge in [-0.1, -0.05) is 40.7 Å². The number of rotatable bonds is 16. The number of ether oxygens (including phenoxy) is 4. The zero-order valence-electron chi connectivity index (χ0n) is 21.4. The number of benzene rings is 2. The third-order valence-electron chi connectivity index (χ3n) is 5.03. The van der Waals surface area contributed by atoms with E-state index in [0.29, 0.717) is 49.2 Å². The SMILES string of the molecule is CCCOc1cc(CC)cc(/C=C/C(=O)c2cccc(OCCC)c2OCCC)c1OCCC. The smallest absolute Gasteiger partial charge is 0.189 e. The lowest BCUT2D eigenvalue weighted by Crippen LogP contribution is -2.07. The Morgan fingerprint density at radius 1 is 0.735 bits per heavy atom. The molecule has 0 aliphatic rings. The highest BCUT2D eigenvalue weighted by Gasteiger charge is 2.17. The highest BCUT2D eigenvalue weighted by Crippen LogP contribution is 2.36. The fourth-order valence-electron chi connectivity index (χ4n) is 3.33. The summed E-state index contributed by atoms with van der Waals surface area (Å²) in [4.78, 5) is 13.3. The van der Waals surface area contributed by atoms with Crippen LogP contribution < -0.4 is 18.9 Å². The third-order valence-corrected chi connectivity index (χ3v) is 5.03. The number of carbonyl (C=O) groups is 1. The fraction of sp³-hybridized carbons (Fsp3) is 0.483. The maximum atomic E-state index is 13.3. The van der Waals surface area contributed by atoms with E-state index in [1.54, 1.807) is 12.1 Å². The summed E-state index contributed by atoms with van der Waals surface area (Å²) in [6.07, 6.45) is 7.76. The third kappa shape index (κ3) is 7.82. The minimum Gasteiger partial charge on any atom is -0.490 e. The van der Waals surface area contributed by atoms with E-state index in [4.69, 9.17) is 18.9 Å². The van der Waals surface area contributed by atoms with Gasteiger partial charge < -0.3 is 18.9 Å². The predicted molar refractivity (Wildman–Crippen MR) is 139 cm³/mol. The molecule has 34 heavy (non-hydrogen) atoms. The van der Waals surface area contributed by atoms with Crippen LogP contribution >= 0.6 is 0 Å². The van der Waals surface area contributed by atoms with Crippen LogP contribution in [0.1, 0.15) is 81.8 Å². The predicted octanol–water partition coefficient (Wildman–Crippen LogP) is 7.30. The van der Waals surface area contributed by atoms with Gasteiger partial charge >= 0.3 is 0 Å². The molecular formula is C29H40O5. The molecule has 0 unspecified atom stereocenters. The van der Waals surface area contributed by atoms with Crippen molar-refractivity contribution in [1.82, 2.24) is 0 Å². The molecule has 0 saturated carbocycles. The number of ketones is 1. The van der Waals surface area contributed by atoms with Gasteiger partial charge in [-0.05, 0) is 74.1 Å². The van der Waals surface area contributed by atoms with Crippen LogP contribution in [0.3, 0.4) is 0 Å². The molecule has 0 saturated heterocycles. The molecule has 186 valence electrons. The van der Waals surface area contributed by atoms with Crippen LogP contribution in [0.2, 0.25) is 0 Å². The second-order valence-electron chi connectivity index (χ2n) is 8.09. The number of para-hydroxylation sites is 1. The second-order valence-corrected chi connectivity index (χ2v) is 8.09. The molecule has 0 heterocycles. The first kappa shape index (κ1) is 27.3. The lowest BCUT2D eigenvalue weighted by molar-refractivity contribution is 0.104. The maximum absolute atomic E-state index is 13.3. The zero-order valence-corrected chi connectivity index (χ0v) is 21.4. The van der Waals surface area contributed by atoms with E-state index in [0.717, 1.165) is 49.0 Å². The van der Waals surface area contributed by atoms with Gasteiger partial charge in [0.15, 0.2) is 28.8 Å². The molecule has 5 nitrogen and oxygen atoms in total. The summed E-state index contributed by atoms with van der Waals surface area (Å²) in [6.45, 7) is 12.6. The first-order valence-electron chi connectivity index (χ1n) is 12.6. The molecule has 2 aromatic carbocycles. The van der Waals surface area contributed by atoms with Crippen molar-refractivity contribution in [3.8, 4) is 23.0 Å². The molecule has 0 aromatic heterocycles. The van der Waals surface area contributed by atoms with Crippen LogP contribution in [0.25, 0.3) is 6.08 Å². The zero-order chi connectivity index (χ0) is 24.8. The molecule has 0 radical (unpaired) electrons. The van der Waals surface area contributed by atoms with E-state index >= 15 is 0 Å². The Balaban J connectivity index is 2.44. The molecule has 2 rings (SSSR count). The van der Waals surface area contributed by atoms with Crippen molar-refractivity contribution in [2.75, 3.05) is 26.4 Å². The quantitative estimate of drug-likeness (QED) is 0.191.